The Morgan fingerprint density at radius 3 is 2.10 bits per heavy atom. The first-order valence-corrected chi connectivity index (χ1v) is 7.78. The van der Waals surface area contributed by atoms with Crippen molar-refractivity contribution in [2.24, 2.45) is 23.7 Å². The van der Waals surface area contributed by atoms with Gasteiger partial charge in [-0.2, -0.15) is 0 Å². The number of carbonyl (C=O) groups is 2. The van der Waals surface area contributed by atoms with Gasteiger partial charge in [0, 0.05) is 4.47 Å². The Morgan fingerprint density at radius 2 is 1.60 bits per heavy atom. The van der Waals surface area contributed by atoms with Crippen LogP contribution in [-0.2, 0) is 9.59 Å². The smallest absolute Gasteiger partial charge is 0.238 e. The van der Waals surface area contributed by atoms with Crippen LogP contribution in [0.4, 0.5) is 5.69 Å². The van der Waals surface area contributed by atoms with Crippen LogP contribution < -0.4 is 4.90 Å². The van der Waals surface area contributed by atoms with E-state index in [1.54, 1.807) is 0 Å². The van der Waals surface area contributed by atoms with Gasteiger partial charge in [0.15, 0.2) is 0 Å². The molecule has 1 heterocycles. The van der Waals surface area contributed by atoms with Gasteiger partial charge >= 0.3 is 0 Å². The Morgan fingerprint density at radius 1 is 1.00 bits per heavy atom. The molecule has 1 aromatic carbocycles. The van der Waals surface area contributed by atoms with Gasteiger partial charge in [0.2, 0.25) is 11.8 Å². The lowest BCUT2D eigenvalue weighted by Crippen LogP contribution is -2.38. The minimum absolute atomic E-state index is 0.0165. The largest absolute Gasteiger partial charge is 0.274 e. The number of nitrogens with zero attached hydrogens (tertiary/aromatic N) is 1. The number of rotatable bonds is 1. The number of halogens is 1. The van der Waals surface area contributed by atoms with Crippen molar-refractivity contribution >= 4 is 33.4 Å². The first kappa shape index (κ1) is 12.3. The zero-order valence-electron chi connectivity index (χ0n) is 10.8. The Hall–Kier alpha value is -1.42. The maximum Gasteiger partial charge on any atom is 0.238 e. The van der Waals surface area contributed by atoms with Crippen molar-refractivity contribution in [2.45, 2.75) is 12.8 Å². The Labute approximate surface area is 125 Å². The molecule has 4 heteroatoms. The lowest BCUT2D eigenvalue weighted by molar-refractivity contribution is -0.124. The summed E-state index contributed by atoms with van der Waals surface area (Å²) in [5.74, 6) is 0.196. The third kappa shape index (κ3) is 1.57. The second kappa shape index (κ2) is 4.29. The van der Waals surface area contributed by atoms with E-state index in [2.05, 4.69) is 28.1 Å². The molecule has 20 heavy (non-hydrogen) atoms. The van der Waals surface area contributed by atoms with Gasteiger partial charge in [0.25, 0.3) is 0 Å². The van der Waals surface area contributed by atoms with Crippen molar-refractivity contribution in [1.82, 2.24) is 0 Å². The minimum Gasteiger partial charge on any atom is -0.274 e. The molecule has 2 bridgehead atoms. The summed E-state index contributed by atoms with van der Waals surface area (Å²) in [6, 6.07) is 7.41. The van der Waals surface area contributed by atoms with Crippen LogP contribution in [0, 0.1) is 23.7 Å². The van der Waals surface area contributed by atoms with E-state index in [0.717, 1.165) is 17.3 Å². The maximum atomic E-state index is 12.7. The summed E-state index contributed by atoms with van der Waals surface area (Å²) in [5, 5.41) is 0. The second-order valence-electron chi connectivity index (χ2n) is 5.83. The van der Waals surface area contributed by atoms with Crippen molar-refractivity contribution in [3.63, 3.8) is 0 Å². The van der Waals surface area contributed by atoms with Gasteiger partial charge in [-0.3, -0.25) is 9.59 Å². The van der Waals surface area contributed by atoms with Gasteiger partial charge in [-0.1, -0.05) is 34.1 Å². The number of anilines is 1. The number of allylic oxidation sites excluding steroid dienone is 2. The molecule has 3 aliphatic carbocycles. The molecule has 102 valence electrons. The lowest BCUT2D eigenvalue weighted by Gasteiger charge is -2.38. The quantitative estimate of drug-likeness (QED) is 0.585. The summed E-state index contributed by atoms with van der Waals surface area (Å²) in [7, 11) is 0. The van der Waals surface area contributed by atoms with Crippen LogP contribution in [0.25, 0.3) is 0 Å². The summed E-state index contributed by atoms with van der Waals surface area (Å²) in [4.78, 5) is 26.8. The standard InChI is InChI=1S/C16H14BrNO2/c17-11-2-1-3-12(8-11)18-15(19)13-9-4-5-10(7-6-9)14(13)16(18)20/h1-5,8-10,13-14H,6-7H2/t9-,10-,13-,14-/m0/s1. The van der Waals surface area contributed by atoms with Crippen molar-refractivity contribution in [3.8, 4) is 0 Å². The number of hydrogen-bond acceptors (Lipinski definition) is 2. The highest BCUT2D eigenvalue weighted by atomic mass is 79.9. The molecular formula is C16H14BrNO2. The van der Waals surface area contributed by atoms with E-state index >= 15 is 0 Å². The van der Waals surface area contributed by atoms with Gasteiger partial charge in [-0.25, -0.2) is 4.90 Å². The molecule has 4 aliphatic rings. The maximum absolute atomic E-state index is 12.7. The van der Waals surface area contributed by atoms with Crippen LogP contribution >= 0.6 is 15.9 Å². The molecule has 1 saturated carbocycles. The normalized spacial score (nSPS) is 34.8. The van der Waals surface area contributed by atoms with E-state index in [-0.39, 0.29) is 35.5 Å². The van der Waals surface area contributed by atoms with Crippen molar-refractivity contribution < 1.29 is 9.59 Å². The van der Waals surface area contributed by atoms with Gasteiger partial charge in [-0.15, -0.1) is 0 Å². The molecule has 0 unspecified atom stereocenters. The average Bonchev–Trinajstić information content (AvgIpc) is 2.74. The molecule has 3 nitrogen and oxygen atoms in total. The minimum atomic E-state index is -0.134. The Balaban J connectivity index is 1.77. The van der Waals surface area contributed by atoms with Crippen molar-refractivity contribution in [2.75, 3.05) is 4.90 Å². The highest BCUT2D eigenvalue weighted by Crippen LogP contribution is 2.50. The molecule has 2 amide bonds. The number of hydrogen-bond donors (Lipinski definition) is 0. The molecule has 1 saturated heterocycles. The molecule has 0 N–H and O–H groups in total. The first-order chi connectivity index (χ1) is 9.66. The second-order valence-corrected chi connectivity index (χ2v) is 6.75. The van der Waals surface area contributed by atoms with Crippen LogP contribution in [0.5, 0.6) is 0 Å². The van der Waals surface area contributed by atoms with Crippen molar-refractivity contribution in [3.05, 3.63) is 40.9 Å². The van der Waals surface area contributed by atoms with E-state index in [1.165, 1.54) is 4.90 Å². The highest BCUT2D eigenvalue weighted by molar-refractivity contribution is 9.10. The fourth-order valence-electron chi connectivity index (χ4n) is 3.94. The van der Waals surface area contributed by atoms with Crippen LogP contribution in [0.3, 0.4) is 0 Å². The van der Waals surface area contributed by atoms with Crippen LogP contribution in [0.1, 0.15) is 12.8 Å². The molecule has 1 aliphatic heterocycles. The average molecular weight is 332 g/mol. The Bertz CT molecular complexity index is 607. The first-order valence-electron chi connectivity index (χ1n) is 6.98. The van der Waals surface area contributed by atoms with Crippen LogP contribution in [0.15, 0.2) is 40.9 Å². The van der Waals surface area contributed by atoms with E-state index in [1.807, 2.05) is 24.3 Å². The predicted molar refractivity (Wildman–Crippen MR) is 79.0 cm³/mol. The SMILES string of the molecule is O=C1[C@@H]2[C@@H](C(=O)N1c1cccc(Br)c1)[C@H]1C=C[C@H]2CC1. The van der Waals surface area contributed by atoms with Crippen molar-refractivity contribution in [1.29, 1.82) is 0 Å². The monoisotopic (exact) mass is 331 g/mol. The van der Waals surface area contributed by atoms with E-state index in [9.17, 15) is 9.59 Å². The van der Waals surface area contributed by atoms with Gasteiger partial charge in [-0.05, 0) is 42.9 Å². The predicted octanol–water partition coefficient (Wildman–Crippen LogP) is 3.15. The fourth-order valence-corrected chi connectivity index (χ4v) is 4.33. The molecule has 0 spiro atoms. The molecule has 1 aromatic rings. The molecule has 4 atom stereocenters. The third-order valence-electron chi connectivity index (χ3n) is 4.83. The van der Waals surface area contributed by atoms with Gasteiger partial charge < -0.3 is 0 Å². The molecule has 2 fully saturated rings. The summed E-state index contributed by atoms with van der Waals surface area (Å²) < 4.78 is 0.881. The summed E-state index contributed by atoms with van der Waals surface area (Å²) in [6.07, 6.45) is 6.36. The molecule has 5 rings (SSSR count). The lowest BCUT2D eigenvalue weighted by atomic mass is 9.63. The molecule has 0 aromatic heterocycles. The summed E-state index contributed by atoms with van der Waals surface area (Å²) in [6.45, 7) is 0. The number of benzene rings is 1. The third-order valence-corrected chi connectivity index (χ3v) is 5.32. The summed E-state index contributed by atoms with van der Waals surface area (Å²) in [5.41, 5.74) is 0.683. The summed E-state index contributed by atoms with van der Waals surface area (Å²) >= 11 is 3.40. The van der Waals surface area contributed by atoms with Crippen LogP contribution in [-0.4, -0.2) is 11.8 Å². The number of fused-ring (bicyclic) bond motifs is 1. The van der Waals surface area contributed by atoms with Crippen LogP contribution in [0.2, 0.25) is 0 Å². The molecule has 0 radical (unpaired) electrons. The van der Waals surface area contributed by atoms with Gasteiger partial charge in [0.1, 0.15) is 0 Å². The topological polar surface area (TPSA) is 37.4 Å². The number of imide groups is 1. The van der Waals surface area contributed by atoms with E-state index in [0.29, 0.717) is 5.69 Å². The van der Waals surface area contributed by atoms with Gasteiger partial charge in [0.05, 0.1) is 17.5 Å². The highest BCUT2D eigenvalue weighted by Gasteiger charge is 2.56. The number of carbonyl (C=O) groups excluding carboxylic acids is 2. The zero-order chi connectivity index (χ0) is 13.9. The fraction of sp³-hybridized carbons (Fsp3) is 0.375. The molecular weight excluding hydrogens is 318 g/mol. The Kier molecular flexibility index (Phi) is 2.64. The van der Waals surface area contributed by atoms with E-state index in [4.69, 9.17) is 0 Å². The number of amides is 2. The zero-order valence-corrected chi connectivity index (χ0v) is 12.4. The van der Waals surface area contributed by atoms with E-state index < -0.39 is 0 Å².